The molecule has 5 rings (SSSR count). The van der Waals surface area contributed by atoms with E-state index in [1.807, 2.05) is 49.4 Å². The van der Waals surface area contributed by atoms with Crippen LogP contribution in [0.1, 0.15) is 18.5 Å². The molecule has 0 fully saturated rings. The van der Waals surface area contributed by atoms with Crippen molar-refractivity contribution in [3.63, 3.8) is 0 Å². The molecule has 0 saturated heterocycles. The Morgan fingerprint density at radius 2 is 1.73 bits per heavy atom. The van der Waals surface area contributed by atoms with Crippen LogP contribution in [0.3, 0.4) is 0 Å². The summed E-state index contributed by atoms with van der Waals surface area (Å²) in [5.41, 5.74) is 3.47. The molecule has 1 amide bonds. The van der Waals surface area contributed by atoms with Crippen molar-refractivity contribution in [3.05, 3.63) is 101 Å². The summed E-state index contributed by atoms with van der Waals surface area (Å²) >= 11 is 6.03. The molecule has 0 saturated carbocycles. The maximum absolute atomic E-state index is 13.4. The minimum absolute atomic E-state index is 0.143. The second-order valence-electron chi connectivity index (χ2n) is 7.69. The number of carbonyl (C=O) groups is 1. The Kier molecular flexibility index (Phi) is 5.32. The molecule has 8 heteroatoms. The van der Waals surface area contributed by atoms with Gasteiger partial charge in [-0.15, -0.1) is 5.10 Å². The van der Waals surface area contributed by atoms with E-state index in [-0.39, 0.29) is 11.7 Å². The fourth-order valence-corrected chi connectivity index (χ4v) is 3.98. The summed E-state index contributed by atoms with van der Waals surface area (Å²) in [6.07, 6.45) is 0. The number of benzene rings is 3. The first kappa shape index (κ1) is 20.8. The van der Waals surface area contributed by atoms with E-state index >= 15 is 0 Å². The van der Waals surface area contributed by atoms with E-state index < -0.39 is 6.04 Å². The normalized spacial score (nSPS) is 15.0. The fourth-order valence-electron chi connectivity index (χ4n) is 3.85. The summed E-state index contributed by atoms with van der Waals surface area (Å²) < 4.78 is 1.70. The number of aromatic hydroxyl groups is 1. The highest BCUT2D eigenvalue weighted by molar-refractivity contribution is 6.30. The SMILES string of the molecule is CC1=C(C(=O)Nc2ccccc2)[C@H](c2ccc(O)cc2)n2nc(-c3ccc(Cl)cc3)nc2N1. The first-order valence-electron chi connectivity index (χ1n) is 10.4. The molecule has 0 spiro atoms. The predicted octanol–water partition coefficient (Wildman–Crippen LogP) is 5.23. The van der Waals surface area contributed by atoms with Gasteiger partial charge in [-0.1, -0.05) is 41.9 Å². The van der Waals surface area contributed by atoms with Crippen molar-refractivity contribution in [2.45, 2.75) is 13.0 Å². The lowest BCUT2D eigenvalue weighted by molar-refractivity contribution is -0.113. The number of phenolic OH excluding ortho intramolecular Hbond substituents is 1. The number of carbonyl (C=O) groups excluding carboxylic acids is 1. The summed E-state index contributed by atoms with van der Waals surface area (Å²) in [7, 11) is 0. The van der Waals surface area contributed by atoms with Crippen LogP contribution in [0.4, 0.5) is 11.6 Å². The van der Waals surface area contributed by atoms with Gasteiger partial charge in [0, 0.05) is 22.0 Å². The van der Waals surface area contributed by atoms with Gasteiger partial charge >= 0.3 is 0 Å². The summed E-state index contributed by atoms with van der Waals surface area (Å²) in [6, 6.07) is 22.7. The van der Waals surface area contributed by atoms with Gasteiger partial charge in [0.1, 0.15) is 11.8 Å². The third kappa shape index (κ3) is 4.06. The number of anilines is 2. The van der Waals surface area contributed by atoms with Crippen LogP contribution in [0.5, 0.6) is 5.75 Å². The molecular weight excluding hydrogens is 438 g/mol. The number of nitrogens with one attached hydrogen (secondary N) is 2. The molecule has 1 aliphatic rings. The van der Waals surface area contributed by atoms with Gasteiger partial charge in [-0.05, 0) is 61.0 Å². The van der Waals surface area contributed by atoms with E-state index in [1.165, 1.54) is 0 Å². The summed E-state index contributed by atoms with van der Waals surface area (Å²) in [6.45, 7) is 1.84. The number of para-hydroxylation sites is 1. The number of rotatable bonds is 4. The molecule has 1 aliphatic heterocycles. The predicted molar refractivity (Wildman–Crippen MR) is 128 cm³/mol. The van der Waals surface area contributed by atoms with Gasteiger partial charge in [-0.25, -0.2) is 4.68 Å². The van der Waals surface area contributed by atoms with Crippen LogP contribution in [-0.2, 0) is 4.79 Å². The van der Waals surface area contributed by atoms with Crippen LogP contribution < -0.4 is 10.6 Å². The quantitative estimate of drug-likeness (QED) is 0.390. The van der Waals surface area contributed by atoms with Crippen molar-refractivity contribution in [2.24, 2.45) is 0 Å². The van der Waals surface area contributed by atoms with E-state index in [0.29, 0.717) is 33.8 Å². The van der Waals surface area contributed by atoms with Crippen LogP contribution in [0.2, 0.25) is 5.02 Å². The second-order valence-corrected chi connectivity index (χ2v) is 8.12. The van der Waals surface area contributed by atoms with Gasteiger partial charge in [-0.2, -0.15) is 4.98 Å². The van der Waals surface area contributed by atoms with Crippen LogP contribution in [0.15, 0.2) is 90.1 Å². The van der Waals surface area contributed by atoms with E-state index in [9.17, 15) is 9.90 Å². The van der Waals surface area contributed by atoms with Crippen molar-refractivity contribution in [2.75, 3.05) is 10.6 Å². The van der Waals surface area contributed by atoms with Crippen molar-refractivity contribution >= 4 is 29.1 Å². The van der Waals surface area contributed by atoms with E-state index in [1.54, 1.807) is 41.1 Å². The number of phenols is 1. The summed E-state index contributed by atoms with van der Waals surface area (Å²) in [5.74, 6) is 0.921. The first-order chi connectivity index (χ1) is 16.0. The Morgan fingerprint density at radius 3 is 2.42 bits per heavy atom. The number of aromatic nitrogens is 3. The number of hydrogen-bond donors (Lipinski definition) is 3. The molecule has 33 heavy (non-hydrogen) atoms. The van der Waals surface area contributed by atoms with Crippen molar-refractivity contribution in [3.8, 4) is 17.1 Å². The summed E-state index contributed by atoms with van der Waals surface area (Å²) in [5, 5.41) is 21.3. The van der Waals surface area contributed by atoms with Gasteiger partial charge < -0.3 is 15.7 Å². The molecule has 3 aromatic carbocycles. The van der Waals surface area contributed by atoms with Crippen LogP contribution in [0.25, 0.3) is 11.4 Å². The van der Waals surface area contributed by atoms with E-state index in [0.717, 1.165) is 11.1 Å². The third-order valence-electron chi connectivity index (χ3n) is 5.44. The molecule has 4 aromatic rings. The Bertz CT molecular complexity index is 1350. The lowest BCUT2D eigenvalue weighted by atomic mass is 9.95. The Hall–Kier alpha value is -4.10. The molecule has 0 radical (unpaired) electrons. The average Bonchev–Trinajstić information content (AvgIpc) is 3.23. The van der Waals surface area contributed by atoms with Gasteiger partial charge in [0.25, 0.3) is 5.91 Å². The zero-order valence-electron chi connectivity index (χ0n) is 17.7. The van der Waals surface area contributed by atoms with Crippen LogP contribution in [-0.4, -0.2) is 25.8 Å². The Balaban J connectivity index is 1.60. The molecule has 7 nitrogen and oxygen atoms in total. The molecule has 164 valence electrons. The molecular formula is C25H20ClN5O2. The highest BCUT2D eigenvalue weighted by atomic mass is 35.5. The lowest BCUT2D eigenvalue weighted by Crippen LogP contribution is -2.31. The Labute approximate surface area is 195 Å². The average molecular weight is 458 g/mol. The number of nitrogens with zero attached hydrogens (tertiary/aromatic N) is 3. The van der Waals surface area contributed by atoms with Gasteiger partial charge in [-0.3, -0.25) is 4.79 Å². The monoisotopic (exact) mass is 457 g/mol. The smallest absolute Gasteiger partial charge is 0.255 e. The molecule has 0 bridgehead atoms. The lowest BCUT2D eigenvalue weighted by Gasteiger charge is -2.28. The Morgan fingerprint density at radius 1 is 1.03 bits per heavy atom. The molecule has 1 atom stereocenters. The minimum atomic E-state index is -0.542. The topological polar surface area (TPSA) is 92.1 Å². The standard InChI is InChI=1S/C25H20ClN5O2/c1-15-21(24(33)28-19-5-3-2-4-6-19)22(16-9-13-20(32)14-10-16)31-25(27-15)29-23(30-31)17-7-11-18(26)12-8-17/h2-14,22,32H,1H3,(H,28,33)(H,27,29,30)/t22-/m0/s1. The highest BCUT2D eigenvalue weighted by Gasteiger charge is 2.34. The zero-order chi connectivity index (χ0) is 22.9. The number of fused-ring (bicyclic) bond motifs is 1. The van der Waals surface area contributed by atoms with Gasteiger partial charge in [0.2, 0.25) is 5.95 Å². The zero-order valence-corrected chi connectivity index (χ0v) is 18.4. The van der Waals surface area contributed by atoms with Crippen molar-refractivity contribution < 1.29 is 9.90 Å². The first-order valence-corrected chi connectivity index (χ1v) is 10.7. The molecule has 0 aliphatic carbocycles. The summed E-state index contributed by atoms with van der Waals surface area (Å²) in [4.78, 5) is 18.1. The minimum Gasteiger partial charge on any atom is -0.508 e. The molecule has 2 heterocycles. The molecule has 1 aromatic heterocycles. The maximum atomic E-state index is 13.4. The highest BCUT2D eigenvalue weighted by Crippen LogP contribution is 2.37. The third-order valence-corrected chi connectivity index (χ3v) is 5.69. The van der Waals surface area contributed by atoms with Crippen molar-refractivity contribution in [1.29, 1.82) is 0 Å². The van der Waals surface area contributed by atoms with Gasteiger partial charge in [0.15, 0.2) is 5.82 Å². The second kappa shape index (κ2) is 8.44. The van der Waals surface area contributed by atoms with E-state index in [4.69, 9.17) is 16.7 Å². The molecule has 3 N–H and O–H groups in total. The van der Waals surface area contributed by atoms with E-state index in [2.05, 4.69) is 15.6 Å². The number of amides is 1. The largest absolute Gasteiger partial charge is 0.508 e. The number of halogens is 1. The van der Waals surface area contributed by atoms with Gasteiger partial charge in [0.05, 0.1) is 5.57 Å². The molecule has 0 unspecified atom stereocenters. The van der Waals surface area contributed by atoms with Crippen LogP contribution >= 0.6 is 11.6 Å². The maximum Gasteiger partial charge on any atom is 0.255 e. The van der Waals surface area contributed by atoms with Crippen LogP contribution in [0, 0.1) is 0 Å². The fraction of sp³-hybridized carbons (Fsp3) is 0.0800. The number of hydrogen-bond acceptors (Lipinski definition) is 5. The number of allylic oxidation sites excluding steroid dienone is 1. The van der Waals surface area contributed by atoms with Crippen molar-refractivity contribution in [1.82, 2.24) is 14.8 Å².